The first-order valence-electron chi connectivity index (χ1n) is 38.6. The third-order valence-corrected chi connectivity index (χ3v) is 18.2. The lowest BCUT2D eigenvalue weighted by atomic mass is 10.0. The van der Waals surface area contributed by atoms with Gasteiger partial charge in [0.1, 0.15) is 0 Å². The Morgan fingerprint density at radius 3 is 0.845 bits per heavy atom. The number of aliphatic hydroxyl groups is 2. The van der Waals surface area contributed by atoms with E-state index in [1.54, 1.807) is 6.08 Å². The lowest BCUT2D eigenvalue weighted by Gasteiger charge is -2.20. The third kappa shape index (κ3) is 69.4. The number of hydrogen-bond donors (Lipinski definition) is 3. The molecule has 0 bridgehead atoms. The van der Waals surface area contributed by atoms with E-state index in [4.69, 9.17) is 4.74 Å². The Bertz CT molecular complexity index is 1320. The normalized spacial score (nSPS) is 12.6. The molecule has 0 rings (SSSR count). The van der Waals surface area contributed by atoms with E-state index >= 15 is 0 Å². The number of ether oxygens (including phenoxy) is 1. The number of nitrogens with one attached hydrogen (secondary N) is 1. The maximum absolute atomic E-state index is 12.5. The minimum atomic E-state index is -0.843. The Morgan fingerprint density at radius 2 is 0.560 bits per heavy atom. The number of carbonyl (C=O) groups is 2. The summed E-state index contributed by atoms with van der Waals surface area (Å²) in [5.74, 6) is -0.0393. The quantitative estimate of drug-likeness (QED) is 0.0320. The van der Waals surface area contributed by atoms with Crippen LogP contribution in [0, 0.1) is 0 Å². The van der Waals surface area contributed by atoms with Crippen molar-refractivity contribution in [2.24, 2.45) is 0 Å². The van der Waals surface area contributed by atoms with Crippen LogP contribution in [0.25, 0.3) is 0 Å². The van der Waals surface area contributed by atoms with Gasteiger partial charge in [-0.1, -0.05) is 391 Å². The number of amides is 1. The molecule has 0 aromatic heterocycles. The van der Waals surface area contributed by atoms with Gasteiger partial charge in [-0.05, 0) is 57.8 Å². The topological polar surface area (TPSA) is 95.9 Å². The van der Waals surface area contributed by atoms with Crippen LogP contribution in [0.2, 0.25) is 0 Å². The molecule has 6 heteroatoms. The molecule has 498 valence electrons. The Labute approximate surface area is 526 Å². The van der Waals surface area contributed by atoms with Gasteiger partial charge in [0.2, 0.25) is 5.91 Å². The lowest BCUT2D eigenvalue weighted by Crippen LogP contribution is -2.45. The molecule has 1 amide bonds. The van der Waals surface area contributed by atoms with E-state index in [0.717, 1.165) is 38.5 Å². The predicted molar refractivity (Wildman–Crippen MR) is 370 cm³/mol. The summed E-state index contributed by atoms with van der Waals surface area (Å²) >= 11 is 0. The second-order valence-corrected chi connectivity index (χ2v) is 26.7. The van der Waals surface area contributed by atoms with Crippen LogP contribution < -0.4 is 5.32 Å². The summed E-state index contributed by atoms with van der Waals surface area (Å²) in [5, 5.41) is 23.3. The molecule has 0 radical (unpaired) electrons. The molecule has 2 atom stereocenters. The zero-order valence-corrected chi connectivity index (χ0v) is 57.2. The molecule has 0 fully saturated rings. The monoisotopic (exact) mass is 1180 g/mol. The van der Waals surface area contributed by atoms with Crippen molar-refractivity contribution in [3.05, 3.63) is 24.3 Å². The van der Waals surface area contributed by atoms with Crippen molar-refractivity contribution < 1.29 is 24.5 Å². The van der Waals surface area contributed by atoms with Crippen LogP contribution in [0.3, 0.4) is 0 Å². The predicted octanol–water partition coefficient (Wildman–Crippen LogP) is 25.3. The molecular weight excluding hydrogens is 1030 g/mol. The fourth-order valence-corrected chi connectivity index (χ4v) is 12.3. The van der Waals surface area contributed by atoms with E-state index in [1.165, 1.54) is 372 Å². The number of allylic oxidation sites excluding steroid dienone is 3. The van der Waals surface area contributed by atoms with E-state index in [0.29, 0.717) is 19.4 Å². The zero-order valence-electron chi connectivity index (χ0n) is 57.2. The van der Waals surface area contributed by atoms with Gasteiger partial charge in [0, 0.05) is 12.8 Å². The van der Waals surface area contributed by atoms with Crippen molar-refractivity contribution in [2.75, 3.05) is 13.2 Å². The highest BCUT2D eigenvalue weighted by molar-refractivity contribution is 5.76. The minimum Gasteiger partial charge on any atom is -0.466 e. The van der Waals surface area contributed by atoms with Gasteiger partial charge in [-0.15, -0.1) is 0 Å². The van der Waals surface area contributed by atoms with Crippen LogP contribution in [0.1, 0.15) is 438 Å². The summed E-state index contributed by atoms with van der Waals surface area (Å²) in [4.78, 5) is 24.6. The summed E-state index contributed by atoms with van der Waals surface area (Å²) in [6.45, 7) is 4.95. The van der Waals surface area contributed by atoms with Gasteiger partial charge in [0.25, 0.3) is 0 Å². The minimum absolute atomic E-state index is 0.0204. The maximum Gasteiger partial charge on any atom is 0.305 e. The van der Waals surface area contributed by atoms with Crippen LogP contribution >= 0.6 is 0 Å². The Morgan fingerprint density at radius 1 is 0.321 bits per heavy atom. The largest absolute Gasteiger partial charge is 0.466 e. The number of rotatable bonds is 73. The van der Waals surface area contributed by atoms with Crippen molar-refractivity contribution in [1.29, 1.82) is 0 Å². The summed E-state index contributed by atoms with van der Waals surface area (Å²) in [7, 11) is 0. The molecule has 0 aliphatic heterocycles. The van der Waals surface area contributed by atoms with E-state index in [-0.39, 0.29) is 18.5 Å². The molecule has 0 aromatic carbocycles. The fraction of sp³-hybridized carbons (Fsp3) is 0.923. The molecule has 6 nitrogen and oxygen atoms in total. The van der Waals surface area contributed by atoms with Crippen molar-refractivity contribution in [3.63, 3.8) is 0 Å². The van der Waals surface area contributed by atoms with Crippen molar-refractivity contribution in [2.45, 2.75) is 450 Å². The number of aliphatic hydroxyl groups excluding tert-OH is 2. The molecule has 3 N–H and O–H groups in total. The molecule has 0 aliphatic rings. The van der Waals surface area contributed by atoms with E-state index < -0.39 is 12.1 Å². The summed E-state index contributed by atoms with van der Waals surface area (Å²) in [6.07, 6.45) is 94.4. The van der Waals surface area contributed by atoms with Crippen molar-refractivity contribution in [1.82, 2.24) is 5.32 Å². The first-order chi connectivity index (χ1) is 41.5. The van der Waals surface area contributed by atoms with Gasteiger partial charge in [-0.2, -0.15) is 0 Å². The van der Waals surface area contributed by atoms with Crippen LogP contribution in [-0.4, -0.2) is 47.4 Å². The molecule has 0 saturated heterocycles. The van der Waals surface area contributed by atoms with Gasteiger partial charge in [0.05, 0.1) is 25.4 Å². The first kappa shape index (κ1) is 82.3. The zero-order chi connectivity index (χ0) is 60.6. The Hall–Kier alpha value is -1.66. The molecule has 0 saturated carbocycles. The smallest absolute Gasteiger partial charge is 0.305 e. The van der Waals surface area contributed by atoms with E-state index in [2.05, 4.69) is 31.3 Å². The van der Waals surface area contributed by atoms with Gasteiger partial charge >= 0.3 is 5.97 Å². The molecule has 0 heterocycles. The average molecular weight is 1180 g/mol. The Balaban J connectivity index is 3.36. The van der Waals surface area contributed by atoms with E-state index in [9.17, 15) is 19.8 Å². The van der Waals surface area contributed by atoms with Crippen molar-refractivity contribution >= 4 is 11.9 Å². The molecule has 0 spiro atoms. The summed E-state index contributed by atoms with van der Waals surface area (Å²) in [6, 6.07) is -0.626. The molecule has 0 aromatic rings. The molecular formula is C78H151NO5. The van der Waals surface area contributed by atoms with Gasteiger partial charge < -0.3 is 20.3 Å². The Kier molecular flexibility index (Phi) is 72.3. The van der Waals surface area contributed by atoms with Crippen LogP contribution in [0.5, 0.6) is 0 Å². The number of hydrogen-bond acceptors (Lipinski definition) is 5. The third-order valence-electron chi connectivity index (χ3n) is 18.2. The highest BCUT2D eigenvalue weighted by atomic mass is 16.5. The second-order valence-electron chi connectivity index (χ2n) is 26.7. The number of unbranched alkanes of at least 4 members (excludes halogenated alkanes) is 60. The first-order valence-corrected chi connectivity index (χ1v) is 38.6. The van der Waals surface area contributed by atoms with E-state index in [1.807, 2.05) is 6.08 Å². The second kappa shape index (κ2) is 73.8. The summed E-state index contributed by atoms with van der Waals surface area (Å²) < 4.78 is 5.48. The lowest BCUT2D eigenvalue weighted by molar-refractivity contribution is -0.143. The van der Waals surface area contributed by atoms with Gasteiger partial charge in [0.15, 0.2) is 0 Å². The number of esters is 1. The highest BCUT2D eigenvalue weighted by Crippen LogP contribution is 2.20. The van der Waals surface area contributed by atoms with Crippen LogP contribution in [0.15, 0.2) is 24.3 Å². The standard InChI is InChI=1S/C78H151NO5/c1-3-5-7-9-11-13-15-16-17-18-19-35-38-41-44-47-51-54-58-62-66-70-76(81)75(74-80)79-77(82)71-67-63-59-55-52-48-45-42-39-36-33-31-29-27-25-23-21-20-22-24-26-28-30-32-34-37-40-43-46-49-53-57-61-65-69-73-84-78(83)72-68-64-60-56-50-14-12-10-8-6-4-2/h22,24,66,70,75-76,80-81H,3-21,23,25-65,67-69,71-74H2,1-2H3,(H,79,82)/b24-22-,70-66+. The summed E-state index contributed by atoms with van der Waals surface area (Å²) in [5.41, 5.74) is 0. The fourth-order valence-electron chi connectivity index (χ4n) is 12.3. The average Bonchev–Trinajstić information content (AvgIpc) is 3.50. The number of carbonyl (C=O) groups excluding carboxylic acids is 2. The molecule has 2 unspecified atom stereocenters. The van der Waals surface area contributed by atoms with Crippen molar-refractivity contribution in [3.8, 4) is 0 Å². The van der Waals surface area contributed by atoms with Crippen LogP contribution in [0.4, 0.5) is 0 Å². The SMILES string of the molecule is CCCCCCCCCCCCCCCCCCCCC/C=C/C(O)C(CO)NC(=O)CCCCCCCCCCCCCCCCCCC/C=C\CCCCCCCCCCCCCCCCOC(=O)CCCCCCCCCCCCC. The van der Waals surface area contributed by atoms with Crippen LogP contribution in [-0.2, 0) is 14.3 Å². The maximum atomic E-state index is 12.5. The van der Waals surface area contributed by atoms with Gasteiger partial charge in [-0.3, -0.25) is 9.59 Å². The molecule has 84 heavy (non-hydrogen) atoms. The van der Waals surface area contributed by atoms with Gasteiger partial charge in [-0.25, -0.2) is 0 Å². The highest BCUT2D eigenvalue weighted by Gasteiger charge is 2.18. The molecule has 0 aliphatic carbocycles.